The van der Waals surface area contributed by atoms with Crippen LogP contribution >= 0.6 is 0 Å². The van der Waals surface area contributed by atoms with Gasteiger partial charge in [0.15, 0.2) is 6.23 Å². The molecule has 1 aliphatic rings. The van der Waals surface area contributed by atoms with Crippen molar-refractivity contribution in [3.63, 3.8) is 0 Å². The van der Waals surface area contributed by atoms with Gasteiger partial charge in [0.25, 0.3) is 0 Å². The molecule has 0 radical (unpaired) electrons. The second-order valence-electron chi connectivity index (χ2n) is 5.47. The molecule has 3 rings (SSSR count). The molecule has 3 nitrogen and oxygen atoms in total. The number of hydrogen-bond acceptors (Lipinski definition) is 3. The van der Waals surface area contributed by atoms with Crippen LogP contribution in [0.1, 0.15) is 5.56 Å². The van der Waals surface area contributed by atoms with Crippen LogP contribution in [0.2, 0.25) is 0 Å². The highest BCUT2D eigenvalue weighted by Crippen LogP contribution is 2.31. The molecule has 7 heteroatoms. The Hall–Kier alpha value is -2.28. The van der Waals surface area contributed by atoms with E-state index in [2.05, 4.69) is 5.32 Å². The number of halogens is 4. The van der Waals surface area contributed by atoms with Gasteiger partial charge in [-0.05, 0) is 48.5 Å². The van der Waals surface area contributed by atoms with E-state index in [0.717, 1.165) is 12.1 Å². The highest BCUT2D eigenvalue weighted by Gasteiger charge is 2.31. The van der Waals surface area contributed by atoms with Gasteiger partial charge in [-0.1, -0.05) is 0 Å². The number of alkyl halides is 3. The summed E-state index contributed by atoms with van der Waals surface area (Å²) in [5.41, 5.74) is -0.0333. The zero-order valence-corrected chi connectivity index (χ0v) is 12.7. The van der Waals surface area contributed by atoms with Crippen molar-refractivity contribution in [2.24, 2.45) is 0 Å². The predicted molar refractivity (Wildman–Crippen MR) is 82.5 cm³/mol. The van der Waals surface area contributed by atoms with E-state index >= 15 is 0 Å². The number of nitrogens with zero attached hydrogens (tertiary/aromatic N) is 1. The molecule has 24 heavy (non-hydrogen) atoms. The van der Waals surface area contributed by atoms with E-state index in [1.165, 1.54) is 36.4 Å². The van der Waals surface area contributed by atoms with Crippen molar-refractivity contribution >= 4 is 5.69 Å². The zero-order chi connectivity index (χ0) is 17.2. The Labute approximate surface area is 136 Å². The quantitative estimate of drug-likeness (QED) is 0.863. The first-order valence-electron chi connectivity index (χ1n) is 7.50. The highest BCUT2D eigenvalue weighted by molar-refractivity contribution is 5.49. The van der Waals surface area contributed by atoms with Crippen LogP contribution in [-0.4, -0.2) is 25.9 Å². The smallest absolute Gasteiger partial charge is 0.416 e. The maximum absolute atomic E-state index is 13.0. The molecule has 1 saturated heterocycles. The minimum absolute atomic E-state index is 0.358. The first-order valence-corrected chi connectivity index (χ1v) is 7.50. The van der Waals surface area contributed by atoms with Gasteiger partial charge in [-0.2, -0.15) is 13.2 Å². The number of anilines is 1. The third kappa shape index (κ3) is 3.79. The summed E-state index contributed by atoms with van der Waals surface area (Å²) in [7, 11) is 0. The van der Waals surface area contributed by atoms with Gasteiger partial charge < -0.3 is 15.0 Å². The summed E-state index contributed by atoms with van der Waals surface area (Å²) in [6.07, 6.45) is -4.74. The fourth-order valence-corrected chi connectivity index (χ4v) is 2.59. The average Bonchev–Trinajstić information content (AvgIpc) is 2.57. The first kappa shape index (κ1) is 16.6. The van der Waals surface area contributed by atoms with E-state index in [1.54, 1.807) is 0 Å². The third-order valence-electron chi connectivity index (χ3n) is 3.81. The number of benzene rings is 2. The Morgan fingerprint density at radius 3 is 2.29 bits per heavy atom. The SMILES string of the molecule is Fc1ccc(OC2CNCCN2c2ccc(C(F)(F)F)cc2)cc1. The molecule has 1 aliphatic heterocycles. The fraction of sp³-hybridized carbons (Fsp3) is 0.294. The second-order valence-corrected chi connectivity index (χ2v) is 5.47. The molecule has 0 amide bonds. The maximum Gasteiger partial charge on any atom is 0.416 e. The molecule has 0 bridgehead atoms. The van der Waals surface area contributed by atoms with Crippen LogP contribution in [0.3, 0.4) is 0 Å². The Kier molecular flexibility index (Phi) is 4.62. The van der Waals surface area contributed by atoms with Gasteiger partial charge in [0.05, 0.1) is 12.1 Å². The monoisotopic (exact) mass is 340 g/mol. The van der Waals surface area contributed by atoms with Crippen LogP contribution in [-0.2, 0) is 6.18 Å². The number of hydrogen-bond donors (Lipinski definition) is 1. The third-order valence-corrected chi connectivity index (χ3v) is 3.81. The van der Waals surface area contributed by atoms with Crippen molar-refractivity contribution in [1.29, 1.82) is 0 Å². The van der Waals surface area contributed by atoms with E-state index in [1.807, 2.05) is 4.90 Å². The lowest BCUT2D eigenvalue weighted by atomic mass is 10.1. The number of ether oxygens (including phenoxy) is 1. The summed E-state index contributed by atoms with van der Waals surface area (Å²) < 4.78 is 56.9. The molecule has 0 aromatic heterocycles. The van der Waals surface area contributed by atoms with E-state index < -0.39 is 11.7 Å². The minimum atomic E-state index is -4.36. The summed E-state index contributed by atoms with van der Waals surface area (Å²) in [5.74, 6) is 0.144. The molecule has 0 aliphatic carbocycles. The van der Waals surface area contributed by atoms with Crippen molar-refractivity contribution < 1.29 is 22.3 Å². The molecular weight excluding hydrogens is 324 g/mol. The van der Waals surface area contributed by atoms with E-state index in [4.69, 9.17) is 4.74 Å². The van der Waals surface area contributed by atoms with Crippen LogP contribution in [0.4, 0.5) is 23.2 Å². The summed E-state index contributed by atoms with van der Waals surface area (Å²) >= 11 is 0. The van der Waals surface area contributed by atoms with Crippen LogP contribution in [0.5, 0.6) is 5.75 Å². The van der Waals surface area contributed by atoms with Gasteiger partial charge in [-0.15, -0.1) is 0 Å². The van der Waals surface area contributed by atoms with Crippen LogP contribution in [0.15, 0.2) is 48.5 Å². The number of rotatable bonds is 3. The molecule has 1 heterocycles. The largest absolute Gasteiger partial charge is 0.469 e. The second kappa shape index (κ2) is 6.68. The minimum Gasteiger partial charge on any atom is -0.469 e. The normalized spacial score (nSPS) is 18.5. The molecule has 1 fully saturated rings. The van der Waals surface area contributed by atoms with Crippen molar-refractivity contribution in [3.8, 4) is 5.75 Å². The predicted octanol–water partition coefficient (Wildman–Crippen LogP) is 3.66. The topological polar surface area (TPSA) is 24.5 Å². The summed E-state index contributed by atoms with van der Waals surface area (Å²) in [6, 6.07) is 10.6. The lowest BCUT2D eigenvalue weighted by Crippen LogP contribution is -2.54. The van der Waals surface area contributed by atoms with Crippen molar-refractivity contribution in [2.45, 2.75) is 12.4 Å². The molecule has 2 aromatic carbocycles. The lowest BCUT2D eigenvalue weighted by molar-refractivity contribution is -0.137. The van der Waals surface area contributed by atoms with Crippen LogP contribution in [0.25, 0.3) is 0 Å². The Morgan fingerprint density at radius 1 is 1.00 bits per heavy atom. The first-order chi connectivity index (χ1) is 11.4. The van der Waals surface area contributed by atoms with Gasteiger partial charge in [0, 0.05) is 18.8 Å². The fourth-order valence-electron chi connectivity index (χ4n) is 2.59. The highest BCUT2D eigenvalue weighted by atomic mass is 19.4. The van der Waals surface area contributed by atoms with Crippen molar-refractivity contribution in [1.82, 2.24) is 5.32 Å². The standard InChI is InChI=1S/C17H16F4N2O/c18-13-3-7-15(8-4-13)24-16-11-22-9-10-23(16)14-5-1-12(2-6-14)17(19,20)21/h1-8,16,22H,9-11H2. The molecule has 1 unspecified atom stereocenters. The molecular formula is C17H16F4N2O. The number of piperazine rings is 1. The van der Waals surface area contributed by atoms with Gasteiger partial charge in [0.2, 0.25) is 0 Å². The van der Waals surface area contributed by atoms with Gasteiger partial charge in [-0.3, -0.25) is 0 Å². The zero-order valence-electron chi connectivity index (χ0n) is 12.7. The molecule has 1 atom stereocenters. The Balaban J connectivity index is 1.77. The maximum atomic E-state index is 13.0. The van der Waals surface area contributed by atoms with Gasteiger partial charge in [-0.25, -0.2) is 4.39 Å². The van der Waals surface area contributed by atoms with Crippen LogP contribution in [0, 0.1) is 5.82 Å². The van der Waals surface area contributed by atoms with Gasteiger partial charge in [0.1, 0.15) is 11.6 Å². The molecule has 0 saturated carbocycles. The van der Waals surface area contributed by atoms with Crippen molar-refractivity contribution in [3.05, 3.63) is 59.9 Å². The van der Waals surface area contributed by atoms with Gasteiger partial charge >= 0.3 is 6.18 Å². The molecule has 0 spiro atoms. The molecule has 1 N–H and O–H groups in total. The molecule has 2 aromatic rings. The summed E-state index contributed by atoms with van der Waals surface area (Å²) in [5, 5.41) is 3.18. The molecule has 128 valence electrons. The van der Waals surface area contributed by atoms with Crippen molar-refractivity contribution in [2.75, 3.05) is 24.5 Å². The Bertz CT molecular complexity index is 670. The summed E-state index contributed by atoms with van der Waals surface area (Å²) in [6.45, 7) is 1.81. The number of nitrogens with one attached hydrogen (secondary N) is 1. The van der Waals surface area contributed by atoms with E-state index in [9.17, 15) is 17.6 Å². The van der Waals surface area contributed by atoms with E-state index in [0.29, 0.717) is 31.1 Å². The van der Waals surface area contributed by atoms with E-state index in [-0.39, 0.29) is 12.0 Å². The lowest BCUT2D eigenvalue weighted by Gasteiger charge is -2.37. The van der Waals surface area contributed by atoms with Crippen LogP contribution < -0.4 is 15.0 Å². The Morgan fingerprint density at radius 2 is 1.67 bits per heavy atom. The summed E-state index contributed by atoms with van der Waals surface area (Å²) in [4.78, 5) is 1.89. The average molecular weight is 340 g/mol.